The summed E-state index contributed by atoms with van der Waals surface area (Å²) in [5.74, 6) is 0.0917. The van der Waals surface area contributed by atoms with Gasteiger partial charge in [-0.1, -0.05) is 66.2 Å². The van der Waals surface area contributed by atoms with Crippen LogP contribution in [-0.2, 0) is 33.0 Å². The molecule has 4 atom stereocenters. The van der Waals surface area contributed by atoms with E-state index in [0.717, 1.165) is 18.4 Å². The third-order valence-electron chi connectivity index (χ3n) is 9.96. The lowest BCUT2D eigenvalue weighted by Crippen LogP contribution is -2.41. The minimum Gasteiger partial charge on any atom is -0.352 e. The maximum absolute atomic E-state index is 14.1. The lowest BCUT2D eigenvalue weighted by Gasteiger charge is -2.38. The van der Waals surface area contributed by atoms with Gasteiger partial charge >= 0.3 is 6.61 Å². The van der Waals surface area contributed by atoms with Gasteiger partial charge in [0.25, 0.3) is 5.56 Å². The molecule has 2 aromatic heterocycles. The van der Waals surface area contributed by atoms with Crippen molar-refractivity contribution in [3.8, 4) is 11.1 Å². The Labute approximate surface area is 314 Å². The molecule has 276 valence electrons. The molecule has 0 saturated carbocycles. The van der Waals surface area contributed by atoms with E-state index >= 15 is 0 Å². The number of carbonyl (C=O) groups is 2. The molecule has 1 aliphatic carbocycles. The summed E-state index contributed by atoms with van der Waals surface area (Å²) in [5.41, 5.74) is 2.74. The molecule has 2 aromatic carbocycles. The van der Waals surface area contributed by atoms with Crippen LogP contribution >= 0.6 is 23.2 Å². The molecule has 4 N–H and O–H groups in total. The van der Waals surface area contributed by atoms with Crippen molar-refractivity contribution in [1.29, 1.82) is 0 Å². The summed E-state index contributed by atoms with van der Waals surface area (Å²) >= 11 is 14.2. The predicted octanol–water partition coefficient (Wildman–Crippen LogP) is 5.45. The zero-order valence-electron chi connectivity index (χ0n) is 28.6. The van der Waals surface area contributed by atoms with Crippen LogP contribution in [0.1, 0.15) is 47.9 Å². The average Bonchev–Trinajstić information content (AvgIpc) is 3.77. The molecule has 0 bridgehead atoms. The van der Waals surface area contributed by atoms with Crippen LogP contribution in [0.15, 0.2) is 90.0 Å². The molecule has 3 aliphatic rings. The Hall–Kier alpha value is -4.46. The van der Waals surface area contributed by atoms with Crippen LogP contribution in [0, 0.1) is 0 Å². The van der Waals surface area contributed by atoms with Gasteiger partial charge in [0, 0.05) is 74.6 Å². The number of nitrogens with zero attached hydrogens (tertiary/aromatic N) is 2. The second-order valence-electron chi connectivity index (χ2n) is 13.5. The molecule has 4 heterocycles. The topological polar surface area (TPSA) is 126 Å². The fraction of sp³-hybridized carbons (Fsp3) is 0.333. The number of benzene rings is 2. The van der Waals surface area contributed by atoms with Gasteiger partial charge in [-0.05, 0) is 58.9 Å². The molecule has 2 saturated heterocycles. The number of alkyl halides is 3. The Morgan fingerprint density at radius 1 is 0.943 bits per heavy atom. The highest BCUT2D eigenvalue weighted by atomic mass is 35.5. The van der Waals surface area contributed by atoms with Crippen LogP contribution in [0.4, 0.5) is 8.78 Å². The highest BCUT2D eigenvalue weighted by Gasteiger charge is 2.45. The highest BCUT2D eigenvalue weighted by molar-refractivity contribution is 6.36. The van der Waals surface area contributed by atoms with Gasteiger partial charge in [0.15, 0.2) is 0 Å². The minimum absolute atomic E-state index is 0.0363. The normalized spacial score (nSPS) is 22.7. The summed E-state index contributed by atoms with van der Waals surface area (Å²) in [6, 6.07) is 16.2. The van der Waals surface area contributed by atoms with E-state index in [4.69, 9.17) is 27.9 Å². The van der Waals surface area contributed by atoms with E-state index in [1.54, 1.807) is 60.9 Å². The van der Waals surface area contributed by atoms with E-state index in [9.17, 15) is 23.2 Å². The summed E-state index contributed by atoms with van der Waals surface area (Å²) in [4.78, 5) is 40.8. The molecular formula is C39H38Cl2F2N6O4. The fourth-order valence-corrected chi connectivity index (χ4v) is 7.96. The number of fused-ring (bicyclic) bond motifs is 1. The van der Waals surface area contributed by atoms with Crippen LogP contribution in [0.2, 0.25) is 5.02 Å². The SMILES string of the molecule is O=C1CC[C@H](CNCc2cnc3cc(-c4cccc(C5=CC=CC(OC(F)F)(c6ccc(CNC[C@@H]7CCC(=O)N7)cc6)C5Cl)c4Cl)ccn3c2=O)N1. The second-order valence-corrected chi connectivity index (χ2v) is 14.3. The predicted molar refractivity (Wildman–Crippen MR) is 200 cm³/mol. The number of amides is 2. The van der Waals surface area contributed by atoms with Gasteiger partial charge in [0.1, 0.15) is 11.2 Å². The lowest BCUT2D eigenvalue weighted by atomic mass is 9.80. The van der Waals surface area contributed by atoms with Crippen molar-refractivity contribution in [2.24, 2.45) is 0 Å². The molecule has 7 rings (SSSR count). The quantitative estimate of drug-likeness (QED) is 0.134. The van der Waals surface area contributed by atoms with E-state index in [1.807, 2.05) is 18.2 Å². The Kier molecular flexibility index (Phi) is 11.0. The minimum atomic E-state index is -3.12. The summed E-state index contributed by atoms with van der Waals surface area (Å²) in [6.07, 6.45) is 10.7. The zero-order valence-corrected chi connectivity index (χ0v) is 30.1. The number of ether oxygens (including phenoxy) is 1. The maximum Gasteiger partial charge on any atom is 0.346 e. The van der Waals surface area contributed by atoms with Crippen molar-refractivity contribution in [2.75, 3.05) is 13.1 Å². The van der Waals surface area contributed by atoms with Crippen molar-refractivity contribution in [2.45, 2.75) is 68.4 Å². The first-order valence-electron chi connectivity index (χ1n) is 17.5. The molecule has 4 aromatic rings. The molecule has 53 heavy (non-hydrogen) atoms. The third-order valence-corrected chi connectivity index (χ3v) is 10.9. The highest BCUT2D eigenvalue weighted by Crippen LogP contribution is 2.47. The van der Waals surface area contributed by atoms with Crippen molar-refractivity contribution < 1.29 is 23.1 Å². The zero-order chi connectivity index (χ0) is 37.1. The number of rotatable bonds is 13. The van der Waals surface area contributed by atoms with Gasteiger partial charge in [0.05, 0.1) is 10.4 Å². The monoisotopic (exact) mass is 762 g/mol. The van der Waals surface area contributed by atoms with Crippen molar-refractivity contribution in [1.82, 2.24) is 30.7 Å². The van der Waals surface area contributed by atoms with Gasteiger partial charge in [-0.2, -0.15) is 8.78 Å². The number of hydrogen-bond acceptors (Lipinski definition) is 7. The summed E-state index contributed by atoms with van der Waals surface area (Å²) in [6.45, 7) is -1.10. The molecule has 0 spiro atoms. The Balaban J connectivity index is 1.10. The number of aromatic nitrogens is 2. The van der Waals surface area contributed by atoms with E-state index in [1.165, 1.54) is 10.5 Å². The van der Waals surface area contributed by atoms with Gasteiger partial charge in [0.2, 0.25) is 11.8 Å². The van der Waals surface area contributed by atoms with Crippen molar-refractivity contribution in [3.05, 3.63) is 123 Å². The van der Waals surface area contributed by atoms with E-state index in [0.29, 0.717) is 83.1 Å². The third kappa shape index (κ3) is 7.92. The number of allylic oxidation sites excluding steroid dienone is 2. The smallest absolute Gasteiger partial charge is 0.346 e. The maximum atomic E-state index is 14.1. The first-order valence-corrected chi connectivity index (χ1v) is 18.3. The second kappa shape index (κ2) is 15.9. The first-order chi connectivity index (χ1) is 25.6. The molecule has 2 amide bonds. The van der Waals surface area contributed by atoms with Gasteiger partial charge < -0.3 is 26.0 Å². The van der Waals surface area contributed by atoms with Gasteiger partial charge in [-0.3, -0.25) is 18.8 Å². The molecule has 0 radical (unpaired) electrons. The average molecular weight is 764 g/mol. The number of nitrogens with one attached hydrogen (secondary N) is 4. The number of carbonyl (C=O) groups excluding carboxylic acids is 2. The molecule has 2 fully saturated rings. The van der Waals surface area contributed by atoms with E-state index in [-0.39, 0.29) is 29.5 Å². The number of halogens is 4. The molecule has 2 aliphatic heterocycles. The standard InChI is InChI=1S/C39H38Cl2F2N6O4/c40-35-29(24-14-16-49-32(17-24)46-20-25(37(49)52)19-45-22-28-11-13-34(51)48-28)3-1-4-30(35)31-5-2-15-39(36(31)41,53-38(42)43)26-8-6-23(7-9-26)18-44-21-27-10-12-33(50)47-27/h1-9,14-17,20,27-28,36,38,44-45H,10-13,18-19,21-22H2,(H,47,50)(H,48,51)/t27-,28+,36?,39?/m0/s1. The summed E-state index contributed by atoms with van der Waals surface area (Å²) in [7, 11) is 0. The van der Waals surface area contributed by atoms with Crippen LogP contribution in [0.5, 0.6) is 0 Å². The van der Waals surface area contributed by atoms with E-state index in [2.05, 4.69) is 26.3 Å². The summed E-state index contributed by atoms with van der Waals surface area (Å²) in [5, 5.41) is 11.7. The molecule has 10 nitrogen and oxygen atoms in total. The number of pyridine rings is 1. The molecule has 14 heteroatoms. The molecular weight excluding hydrogens is 725 g/mol. The van der Waals surface area contributed by atoms with Crippen LogP contribution < -0.4 is 26.8 Å². The van der Waals surface area contributed by atoms with Crippen LogP contribution in [0.3, 0.4) is 0 Å². The largest absolute Gasteiger partial charge is 0.352 e. The van der Waals surface area contributed by atoms with Crippen molar-refractivity contribution in [3.63, 3.8) is 0 Å². The lowest BCUT2D eigenvalue weighted by molar-refractivity contribution is -0.193. The van der Waals surface area contributed by atoms with Gasteiger partial charge in [-0.25, -0.2) is 4.98 Å². The Morgan fingerprint density at radius 3 is 2.28 bits per heavy atom. The first kappa shape index (κ1) is 36.9. The summed E-state index contributed by atoms with van der Waals surface area (Å²) < 4.78 is 35.0. The fourth-order valence-electron chi connectivity index (χ4n) is 7.17. The van der Waals surface area contributed by atoms with E-state index < -0.39 is 17.6 Å². The van der Waals surface area contributed by atoms with Crippen LogP contribution in [-0.4, -0.2) is 58.4 Å². The Morgan fingerprint density at radius 2 is 1.62 bits per heavy atom. The van der Waals surface area contributed by atoms with Crippen molar-refractivity contribution >= 4 is 46.2 Å². The molecule has 2 unspecified atom stereocenters. The van der Waals surface area contributed by atoms with Gasteiger partial charge in [-0.15, -0.1) is 11.6 Å². The van der Waals surface area contributed by atoms with Crippen LogP contribution in [0.25, 0.3) is 22.3 Å². The Bertz CT molecular complexity index is 2140. The number of hydrogen-bond donors (Lipinski definition) is 4.